The van der Waals surface area contributed by atoms with Crippen LogP contribution < -0.4 is 10.1 Å². The van der Waals surface area contributed by atoms with Crippen molar-refractivity contribution in [2.24, 2.45) is 0 Å². The highest BCUT2D eigenvalue weighted by Gasteiger charge is 2.13. The monoisotopic (exact) mass is 334 g/mol. The van der Waals surface area contributed by atoms with Gasteiger partial charge in [0.2, 0.25) is 0 Å². The first kappa shape index (κ1) is 17.0. The largest absolute Gasteiger partial charge is 0.497 e. The van der Waals surface area contributed by atoms with Gasteiger partial charge in [-0.2, -0.15) is 0 Å². The molecule has 0 atom stereocenters. The van der Waals surface area contributed by atoms with Crippen LogP contribution in [0.1, 0.15) is 30.1 Å². The van der Waals surface area contributed by atoms with E-state index in [-0.39, 0.29) is 5.91 Å². The molecule has 3 rings (SSSR count). The molecule has 1 aromatic heterocycles. The number of carbonyl (C=O) groups is 1. The predicted octanol–water partition coefficient (Wildman–Crippen LogP) is 4.44. The number of rotatable bonds is 6. The number of hydrogen-bond acceptors (Lipinski definition) is 3. The number of ether oxygens (including phenoxy) is 1. The van der Waals surface area contributed by atoms with Gasteiger partial charge in [-0.25, -0.2) is 4.98 Å². The summed E-state index contributed by atoms with van der Waals surface area (Å²) in [4.78, 5) is 17.4. The summed E-state index contributed by atoms with van der Waals surface area (Å²) in [5.74, 6) is 0.740. The fourth-order valence-corrected chi connectivity index (χ4v) is 2.75. The van der Waals surface area contributed by atoms with Gasteiger partial charge in [-0.1, -0.05) is 31.5 Å². The molecular weight excluding hydrogens is 312 g/mol. The number of unbranched alkanes of at least 4 members (excludes halogenated alkanes) is 1. The van der Waals surface area contributed by atoms with Crippen molar-refractivity contribution in [2.75, 3.05) is 13.7 Å². The zero-order valence-electron chi connectivity index (χ0n) is 14.6. The molecule has 0 saturated heterocycles. The predicted molar refractivity (Wildman–Crippen MR) is 101 cm³/mol. The van der Waals surface area contributed by atoms with Gasteiger partial charge in [0.25, 0.3) is 5.91 Å². The summed E-state index contributed by atoms with van der Waals surface area (Å²) in [6.45, 7) is 2.79. The third kappa shape index (κ3) is 3.79. The number of nitrogens with zero attached hydrogens (tertiary/aromatic N) is 1. The van der Waals surface area contributed by atoms with E-state index in [0.29, 0.717) is 12.1 Å². The maximum Gasteiger partial charge on any atom is 0.252 e. The van der Waals surface area contributed by atoms with Crippen molar-refractivity contribution in [3.8, 4) is 17.0 Å². The van der Waals surface area contributed by atoms with Crippen LogP contribution >= 0.6 is 0 Å². The van der Waals surface area contributed by atoms with Crippen molar-refractivity contribution in [3.63, 3.8) is 0 Å². The highest BCUT2D eigenvalue weighted by Crippen LogP contribution is 2.26. The van der Waals surface area contributed by atoms with E-state index in [1.807, 2.05) is 54.6 Å². The molecule has 25 heavy (non-hydrogen) atoms. The van der Waals surface area contributed by atoms with Crippen molar-refractivity contribution in [2.45, 2.75) is 19.8 Å². The Balaban J connectivity index is 2.03. The first-order valence-electron chi connectivity index (χ1n) is 8.55. The maximum absolute atomic E-state index is 12.7. The highest BCUT2D eigenvalue weighted by atomic mass is 16.5. The summed E-state index contributed by atoms with van der Waals surface area (Å²) in [5.41, 5.74) is 3.21. The summed E-state index contributed by atoms with van der Waals surface area (Å²) in [7, 11) is 1.64. The van der Waals surface area contributed by atoms with Crippen molar-refractivity contribution in [3.05, 3.63) is 60.2 Å². The minimum absolute atomic E-state index is 0.0539. The van der Waals surface area contributed by atoms with Crippen LogP contribution in [0.15, 0.2) is 54.6 Å². The topological polar surface area (TPSA) is 51.2 Å². The zero-order valence-corrected chi connectivity index (χ0v) is 14.6. The lowest BCUT2D eigenvalue weighted by atomic mass is 10.0. The number of para-hydroxylation sites is 1. The Bertz CT molecular complexity index is 873. The van der Waals surface area contributed by atoms with Crippen LogP contribution in [0.4, 0.5) is 0 Å². The van der Waals surface area contributed by atoms with E-state index in [1.54, 1.807) is 7.11 Å². The molecule has 128 valence electrons. The lowest BCUT2D eigenvalue weighted by molar-refractivity contribution is 0.0955. The minimum atomic E-state index is -0.0539. The van der Waals surface area contributed by atoms with E-state index in [2.05, 4.69) is 12.2 Å². The number of fused-ring (bicyclic) bond motifs is 1. The average molecular weight is 334 g/mol. The van der Waals surface area contributed by atoms with E-state index in [1.165, 1.54) is 0 Å². The van der Waals surface area contributed by atoms with E-state index in [4.69, 9.17) is 9.72 Å². The Morgan fingerprint density at radius 3 is 2.60 bits per heavy atom. The summed E-state index contributed by atoms with van der Waals surface area (Å²) in [5, 5.41) is 3.87. The van der Waals surface area contributed by atoms with Gasteiger partial charge in [0.05, 0.1) is 23.9 Å². The number of amides is 1. The zero-order chi connectivity index (χ0) is 17.6. The minimum Gasteiger partial charge on any atom is -0.497 e. The fourth-order valence-electron chi connectivity index (χ4n) is 2.75. The maximum atomic E-state index is 12.7. The van der Waals surface area contributed by atoms with Gasteiger partial charge in [0.1, 0.15) is 5.75 Å². The van der Waals surface area contributed by atoms with Crippen molar-refractivity contribution < 1.29 is 9.53 Å². The second-order valence-corrected chi connectivity index (χ2v) is 5.91. The molecule has 0 unspecified atom stereocenters. The smallest absolute Gasteiger partial charge is 0.252 e. The highest BCUT2D eigenvalue weighted by molar-refractivity contribution is 6.07. The fraction of sp³-hybridized carbons (Fsp3) is 0.238. The van der Waals surface area contributed by atoms with Crippen LogP contribution in [0.2, 0.25) is 0 Å². The average Bonchev–Trinajstić information content (AvgIpc) is 2.67. The Morgan fingerprint density at radius 2 is 1.88 bits per heavy atom. The lowest BCUT2D eigenvalue weighted by Crippen LogP contribution is -2.24. The standard InChI is InChI=1S/C21H22N2O2/c1-3-4-13-22-21(24)18-14-20(15-9-11-16(25-2)12-10-15)23-19-8-6-5-7-17(18)19/h5-12,14H,3-4,13H2,1-2H3,(H,22,24). The van der Waals surface area contributed by atoms with Gasteiger partial charge in [0.15, 0.2) is 0 Å². The first-order chi connectivity index (χ1) is 12.2. The molecule has 0 saturated carbocycles. The number of carbonyl (C=O) groups excluding carboxylic acids is 1. The summed E-state index contributed by atoms with van der Waals surface area (Å²) >= 11 is 0. The molecule has 0 bridgehead atoms. The second kappa shape index (κ2) is 7.79. The lowest BCUT2D eigenvalue weighted by Gasteiger charge is -2.11. The number of hydrogen-bond donors (Lipinski definition) is 1. The third-order valence-corrected chi connectivity index (χ3v) is 4.16. The van der Waals surface area contributed by atoms with Gasteiger partial charge in [0, 0.05) is 17.5 Å². The molecule has 1 N–H and O–H groups in total. The molecule has 4 nitrogen and oxygen atoms in total. The van der Waals surface area contributed by atoms with Crippen molar-refractivity contribution in [1.82, 2.24) is 10.3 Å². The van der Waals surface area contributed by atoms with Crippen LogP contribution in [-0.4, -0.2) is 24.5 Å². The molecule has 2 aromatic carbocycles. The number of benzene rings is 2. The molecular formula is C21H22N2O2. The summed E-state index contributed by atoms with van der Waals surface area (Å²) in [6.07, 6.45) is 2.02. The molecule has 0 aliphatic rings. The SMILES string of the molecule is CCCCNC(=O)c1cc(-c2ccc(OC)cc2)nc2ccccc12. The molecule has 1 heterocycles. The molecule has 4 heteroatoms. The number of aromatic nitrogens is 1. The molecule has 0 aliphatic heterocycles. The molecule has 0 fully saturated rings. The van der Waals surface area contributed by atoms with Crippen LogP contribution in [0.25, 0.3) is 22.2 Å². The van der Waals surface area contributed by atoms with Gasteiger partial charge in [-0.05, 0) is 42.8 Å². The van der Waals surface area contributed by atoms with Crippen LogP contribution in [-0.2, 0) is 0 Å². The van der Waals surface area contributed by atoms with Crippen molar-refractivity contribution in [1.29, 1.82) is 0 Å². The molecule has 3 aromatic rings. The van der Waals surface area contributed by atoms with Gasteiger partial charge >= 0.3 is 0 Å². The van der Waals surface area contributed by atoms with E-state index >= 15 is 0 Å². The van der Waals surface area contributed by atoms with Crippen LogP contribution in [0, 0.1) is 0 Å². The Kier molecular flexibility index (Phi) is 5.29. The summed E-state index contributed by atoms with van der Waals surface area (Å²) in [6, 6.07) is 17.3. The quantitative estimate of drug-likeness (QED) is 0.678. The first-order valence-corrected chi connectivity index (χ1v) is 8.55. The van der Waals surface area contributed by atoms with Gasteiger partial charge in [-0.15, -0.1) is 0 Å². The van der Waals surface area contributed by atoms with Crippen LogP contribution in [0.5, 0.6) is 5.75 Å². The Morgan fingerprint density at radius 1 is 1.12 bits per heavy atom. The van der Waals surface area contributed by atoms with E-state index in [0.717, 1.165) is 40.8 Å². The summed E-state index contributed by atoms with van der Waals surface area (Å²) < 4.78 is 5.21. The van der Waals surface area contributed by atoms with Crippen LogP contribution in [0.3, 0.4) is 0 Å². The molecule has 1 amide bonds. The number of nitrogens with one attached hydrogen (secondary N) is 1. The third-order valence-electron chi connectivity index (χ3n) is 4.16. The second-order valence-electron chi connectivity index (χ2n) is 5.91. The Labute approximate surface area is 147 Å². The molecule has 0 aliphatic carbocycles. The number of methoxy groups -OCH3 is 1. The normalized spacial score (nSPS) is 10.6. The van der Waals surface area contributed by atoms with Gasteiger partial charge < -0.3 is 10.1 Å². The van der Waals surface area contributed by atoms with Gasteiger partial charge in [-0.3, -0.25) is 4.79 Å². The van der Waals surface area contributed by atoms with E-state index in [9.17, 15) is 4.79 Å². The van der Waals surface area contributed by atoms with E-state index < -0.39 is 0 Å². The molecule has 0 radical (unpaired) electrons. The Hall–Kier alpha value is -2.88. The van der Waals surface area contributed by atoms with Crippen molar-refractivity contribution >= 4 is 16.8 Å². The molecule has 0 spiro atoms. The number of pyridine rings is 1.